The van der Waals surface area contributed by atoms with Crippen LogP contribution in [0.2, 0.25) is 5.02 Å². The van der Waals surface area contributed by atoms with Gasteiger partial charge in [-0.1, -0.05) is 11.6 Å². The lowest BCUT2D eigenvalue weighted by Crippen LogP contribution is -2.35. The zero-order chi connectivity index (χ0) is 24.1. The first-order chi connectivity index (χ1) is 15.7. The van der Waals surface area contributed by atoms with Crippen LogP contribution < -0.4 is 9.64 Å². The molecule has 176 valence electrons. The molecule has 1 aromatic carbocycles. The number of pyridine rings is 1. The van der Waals surface area contributed by atoms with Crippen LogP contribution in [0.4, 0.5) is 10.1 Å². The highest BCUT2D eigenvalue weighted by Crippen LogP contribution is 2.36. The van der Waals surface area contributed by atoms with Crippen LogP contribution >= 0.6 is 11.6 Å². The molecule has 1 amide bonds. The first kappa shape index (κ1) is 24.7. The van der Waals surface area contributed by atoms with Crippen molar-refractivity contribution in [2.45, 2.75) is 59.1 Å². The van der Waals surface area contributed by atoms with Gasteiger partial charge in [-0.2, -0.15) is 0 Å². The number of benzene rings is 1. The number of aryl methyl sites for hydroxylation is 1. The van der Waals surface area contributed by atoms with E-state index in [2.05, 4.69) is 4.98 Å². The molecule has 0 radical (unpaired) electrons. The Bertz CT molecular complexity index is 1080. The van der Waals surface area contributed by atoms with Crippen LogP contribution in [0.3, 0.4) is 0 Å². The van der Waals surface area contributed by atoms with Crippen molar-refractivity contribution < 1.29 is 23.5 Å². The minimum atomic E-state index is -0.665. The van der Waals surface area contributed by atoms with Gasteiger partial charge in [0.2, 0.25) is 0 Å². The summed E-state index contributed by atoms with van der Waals surface area (Å²) in [5.74, 6) is -1.37. The van der Waals surface area contributed by atoms with E-state index >= 15 is 4.39 Å². The topological polar surface area (TPSA) is 68.7 Å². The van der Waals surface area contributed by atoms with E-state index in [1.54, 1.807) is 12.4 Å². The van der Waals surface area contributed by atoms with E-state index in [1.165, 1.54) is 18.1 Å². The predicted octanol–water partition coefficient (Wildman–Crippen LogP) is 5.55. The maximum atomic E-state index is 15.2. The average molecular weight is 475 g/mol. The van der Waals surface area contributed by atoms with E-state index in [-0.39, 0.29) is 29.1 Å². The number of methoxy groups -OCH3 is 1. The molecule has 3 rings (SSSR count). The molecule has 33 heavy (non-hydrogen) atoms. The fourth-order valence-corrected chi connectivity index (χ4v) is 4.02. The van der Waals surface area contributed by atoms with Gasteiger partial charge in [-0.25, -0.2) is 9.18 Å². The van der Waals surface area contributed by atoms with Crippen LogP contribution in [0.1, 0.15) is 50.7 Å². The summed E-state index contributed by atoms with van der Waals surface area (Å²) in [5, 5.41) is 0.113. The third kappa shape index (κ3) is 5.71. The molecule has 1 aromatic heterocycles. The van der Waals surface area contributed by atoms with Crippen molar-refractivity contribution in [3.05, 3.63) is 63.7 Å². The Kier molecular flexibility index (Phi) is 8.08. The summed E-state index contributed by atoms with van der Waals surface area (Å²) in [6, 6.07) is 4.40. The molecule has 6 nitrogen and oxygen atoms in total. The second-order valence-electron chi connectivity index (χ2n) is 8.25. The number of halogens is 2. The zero-order valence-corrected chi connectivity index (χ0v) is 20.0. The minimum absolute atomic E-state index is 0.0191. The van der Waals surface area contributed by atoms with Crippen molar-refractivity contribution in [3.8, 4) is 5.75 Å². The lowest BCUT2D eigenvalue weighted by atomic mass is 9.90. The Morgan fingerprint density at radius 3 is 2.55 bits per heavy atom. The van der Waals surface area contributed by atoms with Gasteiger partial charge in [0, 0.05) is 29.6 Å². The zero-order valence-electron chi connectivity index (χ0n) is 19.3. The molecule has 0 N–H and O–H groups in total. The van der Waals surface area contributed by atoms with Gasteiger partial charge in [0.1, 0.15) is 11.6 Å². The van der Waals surface area contributed by atoms with Crippen molar-refractivity contribution in [1.29, 1.82) is 0 Å². The number of rotatable bonds is 7. The Morgan fingerprint density at radius 1 is 1.21 bits per heavy atom. The summed E-state index contributed by atoms with van der Waals surface area (Å²) >= 11 is 6.20. The Balaban J connectivity index is 2.15. The Hall–Kier alpha value is -2.93. The summed E-state index contributed by atoms with van der Waals surface area (Å²) in [5.41, 5.74) is 2.36. The molecule has 0 fully saturated rings. The van der Waals surface area contributed by atoms with Crippen molar-refractivity contribution >= 4 is 29.2 Å². The third-order valence-electron chi connectivity index (χ3n) is 5.53. The van der Waals surface area contributed by atoms with Gasteiger partial charge in [-0.05, 0) is 69.7 Å². The molecule has 8 heteroatoms. The highest BCUT2D eigenvalue weighted by atomic mass is 35.5. The summed E-state index contributed by atoms with van der Waals surface area (Å²) < 4.78 is 25.9. The third-order valence-corrected chi connectivity index (χ3v) is 5.83. The van der Waals surface area contributed by atoms with Crippen LogP contribution in [-0.4, -0.2) is 30.1 Å². The fraction of sp³-hybridized carbons (Fsp3) is 0.400. The van der Waals surface area contributed by atoms with Crippen molar-refractivity contribution in [1.82, 2.24) is 4.98 Å². The minimum Gasteiger partial charge on any atom is -0.489 e. The number of hydrogen-bond acceptors (Lipinski definition) is 5. The number of aromatic nitrogens is 1. The van der Waals surface area contributed by atoms with Gasteiger partial charge in [-0.3, -0.25) is 9.78 Å². The molecule has 0 saturated heterocycles. The number of anilines is 1. The molecule has 1 aliphatic carbocycles. The largest absolute Gasteiger partial charge is 0.489 e. The number of carbonyl (C=O) groups is 2. The summed E-state index contributed by atoms with van der Waals surface area (Å²) in [7, 11) is 1.29. The second-order valence-corrected chi connectivity index (χ2v) is 8.66. The van der Waals surface area contributed by atoms with Crippen molar-refractivity contribution in [2.24, 2.45) is 0 Å². The molecule has 0 saturated carbocycles. The number of carbonyl (C=O) groups excluding carboxylic acids is 2. The van der Waals surface area contributed by atoms with Crippen molar-refractivity contribution in [2.75, 3.05) is 12.0 Å². The number of esters is 1. The number of hydrogen-bond donors (Lipinski definition) is 0. The number of ether oxygens (including phenoxy) is 2. The normalized spacial score (nSPS) is 13.8. The van der Waals surface area contributed by atoms with Crippen LogP contribution in [-0.2, 0) is 20.9 Å². The van der Waals surface area contributed by atoms with E-state index in [9.17, 15) is 9.59 Å². The van der Waals surface area contributed by atoms with E-state index in [1.807, 2.05) is 26.8 Å². The molecule has 0 unspecified atom stereocenters. The average Bonchev–Trinajstić information content (AvgIpc) is 2.79. The van der Waals surface area contributed by atoms with Gasteiger partial charge in [0.15, 0.2) is 0 Å². The Labute approximate surface area is 198 Å². The van der Waals surface area contributed by atoms with Crippen molar-refractivity contribution in [3.63, 3.8) is 0 Å². The standard InChI is InChI=1S/C25H28ClFN2O4/c1-15(2)33-23-12-22(21(27)11-20(23)26)29(14-17-13-28-10-9-16(17)3)24(30)18-7-5-6-8-19(18)25(31)32-4/h9-13,15H,5-8,14H2,1-4H3. The highest BCUT2D eigenvalue weighted by Gasteiger charge is 2.30. The summed E-state index contributed by atoms with van der Waals surface area (Å²) in [6.45, 7) is 5.62. The summed E-state index contributed by atoms with van der Waals surface area (Å²) in [4.78, 5) is 31.7. The van der Waals surface area contributed by atoms with E-state index in [0.717, 1.165) is 30.0 Å². The fourth-order valence-electron chi connectivity index (χ4n) is 3.82. The molecular formula is C25H28ClFN2O4. The molecule has 0 aliphatic heterocycles. The summed E-state index contributed by atoms with van der Waals surface area (Å²) in [6.07, 6.45) is 5.50. The van der Waals surface area contributed by atoms with E-state index in [0.29, 0.717) is 24.0 Å². The van der Waals surface area contributed by atoms with E-state index in [4.69, 9.17) is 21.1 Å². The first-order valence-corrected chi connectivity index (χ1v) is 11.3. The molecule has 0 bridgehead atoms. The van der Waals surface area contributed by atoms with Crippen LogP contribution in [0.5, 0.6) is 5.75 Å². The van der Waals surface area contributed by atoms with Crippen LogP contribution in [0.15, 0.2) is 41.7 Å². The molecule has 0 atom stereocenters. The lowest BCUT2D eigenvalue weighted by Gasteiger charge is -2.28. The quantitative estimate of drug-likeness (QED) is 0.492. The number of amides is 1. The van der Waals surface area contributed by atoms with Crippen LogP contribution in [0.25, 0.3) is 0 Å². The molecule has 1 heterocycles. The van der Waals surface area contributed by atoms with Gasteiger partial charge < -0.3 is 14.4 Å². The Morgan fingerprint density at radius 2 is 1.91 bits per heavy atom. The van der Waals surface area contributed by atoms with Gasteiger partial charge >= 0.3 is 5.97 Å². The lowest BCUT2D eigenvalue weighted by molar-refractivity contribution is -0.136. The van der Waals surface area contributed by atoms with E-state index < -0.39 is 17.7 Å². The number of nitrogens with zero attached hydrogens (tertiary/aromatic N) is 2. The maximum Gasteiger partial charge on any atom is 0.334 e. The van der Waals surface area contributed by atoms with Gasteiger partial charge in [0.05, 0.1) is 30.5 Å². The predicted molar refractivity (Wildman–Crippen MR) is 125 cm³/mol. The molecule has 1 aliphatic rings. The van der Waals surface area contributed by atoms with Gasteiger partial charge in [-0.15, -0.1) is 0 Å². The van der Waals surface area contributed by atoms with Gasteiger partial charge in [0.25, 0.3) is 5.91 Å². The maximum absolute atomic E-state index is 15.2. The van der Waals surface area contributed by atoms with Crippen LogP contribution in [0, 0.1) is 12.7 Å². The molecule has 0 spiro atoms. The second kappa shape index (κ2) is 10.8. The smallest absolute Gasteiger partial charge is 0.334 e. The SMILES string of the molecule is COC(=O)C1=C(C(=O)N(Cc2cnccc2C)c2cc(OC(C)C)c(Cl)cc2F)CCCC1. The highest BCUT2D eigenvalue weighted by molar-refractivity contribution is 6.32. The monoisotopic (exact) mass is 474 g/mol. The first-order valence-electron chi connectivity index (χ1n) is 10.9. The molecule has 2 aromatic rings. The molecular weight excluding hydrogens is 447 g/mol.